The number of carbonyl (C=O) groups is 1. The molecule has 0 aromatic heterocycles. The van der Waals surface area contributed by atoms with Crippen LogP contribution in [0, 0.1) is 0 Å². The highest BCUT2D eigenvalue weighted by molar-refractivity contribution is 5.87. The Morgan fingerprint density at radius 1 is 1.36 bits per heavy atom. The molecule has 4 heteroatoms. The smallest absolute Gasteiger partial charge is 0.243 e. The molecule has 0 aromatic rings. The predicted molar refractivity (Wildman–Crippen MR) is 53.4 cm³/mol. The van der Waals surface area contributed by atoms with Crippen LogP contribution in [0.1, 0.15) is 12.8 Å². The number of hydrogen-bond acceptors (Lipinski definition) is 2. The largest absolute Gasteiger partial charge is 0.351 e. The molecule has 1 aliphatic heterocycles. The van der Waals surface area contributed by atoms with Gasteiger partial charge >= 0.3 is 0 Å². The maximum absolute atomic E-state index is 11.0. The highest BCUT2D eigenvalue weighted by Gasteiger charge is 2.10. The average Bonchev–Trinajstić information content (AvgIpc) is 2.67. The minimum atomic E-state index is -0.334. The number of amides is 1. The molecule has 1 rings (SSSR count). The fourth-order valence-electron chi connectivity index (χ4n) is 1.56. The van der Waals surface area contributed by atoms with Crippen LogP contribution >= 0.6 is 0 Å². The Bertz CT molecular complexity index is 198. The van der Waals surface area contributed by atoms with Crippen molar-refractivity contribution in [2.75, 3.05) is 32.8 Å². The summed E-state index contributed by atoms with van der Waals surface area (Å²) in [5.41, 5.74) is 0. The molecule has 1 N–H and O–H groups in total. The zero-order chi connectivity index (χ0) is 10.2. The van der Waals surface area contributed by atoms with Gasteiger partial charge in [0.15, 0.2) is 0 Å². The SMILES string of the molecule is [O]CC=CC(=O)NCCN1CCCC1. The van der Waals surface area contributed by atoms with E-state index < -0.39 is 0 Å². The molecule has 0 unspecified atom stereocenters. The van der Waals surface area contributed by atoms with Crippen molar-refractivity contribution in [1.29, 1.82) is 0 Å². The molecule has 0 bridgehead atoms. The fourth-order valence-corrected chi connectivity index (χ4v) is 1.56. The predicted octanol–water partition coefficient (Wildman–Crippen LogP) is 0.185. The van der Waals surface area contributed by atoms with Gasteiger partial charge in [-0.2, -0.15) is 0 Å². The third kappa shape index (κ3) is 4.39. The molecule has 0 aliphatic carbocycles. The lowest BCUT2D eigenvalue weighted by Gasteiger charge is -2.13. The number of hydrogen-bond donors (Lipinski definition) is 1. The Hall–Kier alpha value is -0.870. The second-order valence-electron chi connectivity index (χ2n) is 3.41. The van der Waals surface area contributed by atoms with E-state index in [0.29, 0.717) is 6.54 Å². The topological polar surface area (TPSA) is 52.2 Å². The lowest BCUT2D eigenvalue weighted by atomic mass is 10.4. The Balaban J connectivity index is 2.02. The van der Waals surface area contributed by atoms with Crippen molar-refractivity contribution in [3.05, 3.63) is 12.2 Å². The van der Waals surface area contributed by atoms with Crippen LogP contribution in [-0.2, 0) is 9.90 Å². The molecular weight excluding hydrogens is 180 g/mol. The summed E-state index contributed by atoms with van der Waals surface area (Å²) in [7, 11) is 0. The van der Waals surface area contributed by atoms with Crippen LogP contribution in [0.3, 0.4) is 0 Å². The molecule has 79 valence electrons. The van der Waals surface area contributed by atoms with E-state index in [1.165, 1.54) is 25.0 Å². The minimum Gasteiger partial charge on any atom is -0.351 e. The molecule has 0 aromatic carbocycles. The van der Waals surface area contributed by atoms with Gasteiger partial charge in [-0.3, -0.25) is 4.79 Å². The van der Waals surface area contributed by atoms with Crippen molar-refractivity contribution in [2.24, 2.45) is 0 Å². The quantitative estimate of drug-likeness (QED) is 0.639. The van der Waals surface area contributed by atoms with E-state index in [0.717, 1.165) is 19.6 Å². The van der Waals surface area contributed by atoms with Gasteiger partial charge in [-0.1, -0.05) is 6.08 Å². The summed E-state index contributed by atoms with van der Waals surface area (Å²) in [6, 6.07) is 0. The van der Waals surface area contributed by atoms with Gasteiger partial charge in [-0.05, 0) is 25.9 Å². The second-order valence-corrected chi connectivity index (χ2v) is 3.41. The zero-order valence-electron chi connectivity index (χ0n) is 8.37. The summed E-state index contributed by atoms with van der Waals surface area (Å²) in [5, 5.41) is 12.8. The van der Waals surface area contributed by atoms with E-state index >= 15 is 0 Å². The standard InChI is InChI=1S/C10H17N2O2/c13-9-3-4-10(14)11-5-8-12-6-1-2-7-12/h3-4H,1-2,5-9H2,(H,11,14). The lowest BCUT2D eigenvalue weighted by Crippen LogP contribution is -2.32. The fraction of sp³-hybridized carbons (Fsp3) is 0.700. The molecule has 1 radical (unpaired) electrons. The number of likely N-dealkylation sites (tertiary alicyclic amines) is 1. The van der Waals surface area contributed by atoms with E-state index in [1.54, 1.807) is 0 Å². The highest BCUT2D eigenvalue weighted by Crippen LogP contribution is 2.05. The summed E-state index contributed by atoms with van der Waals surface area (Å²) in [6.45, 7) is 3.54. The first-order valence-electron chi connectivity index (χ1n) is 5.08. The van der Waals surface area contributed by atoms with Crippen LogP contribution < -0.4 is 5.32 Å². The number of nitrogens with zero attached hydrogens (tertiary/aromatic N) is 1. The first-order valence-corrected chi connectivity index (χ1v) is 5.08. The van der Waals surface area contributed by atoms with Crippen LogP contribution in [0.5, 0.6) is 0 Å². The summed E-state index contributed by atoms with van der Waals surface area (Å²) in [6.07, 6.45) is 5.16. The molecule has 0 atom stereocenters. The Morgan fingerprint density at radius 2 is 2.07 bits per heavy atom. The van der Waals surface area contributed by atoms with Crippen LogP contribution in [0.15, 0.2) is 12.2 Å². The molecule has 1 aliphatic rings. The second kappa shape index (κ2) is 6.56. The van der Waals surface area contributed by atoms with Crippen molar-refractivity contribution in [2.45, 2.75) is 12.8 Å². The van der Waals surface area contributed by atoms with E-state index in [4.69, 9.17) is 0 Å². The Labute approximate surface area is 84.6 Å². The Morgan fingerprint density at radius 3 is 2.71 bits per heavy atom. The van der Waals surface area contributed by atoms with Crippen LogP contribution in [0.4, 0.5) is 0 Å². The first-order chi connectivity index (χ1) is 6.83. The van der Waals surface area contributed by atoms with Crippen molar-refractivity contribution < 1.29 is 9.90 Å². The minimum absolute atomic E-state index is 0.167. The molecule has 14 heavy (non-hydrogen) atoms. The van der Waals surface area contributed by atoms with Crippen molar-refractivity contribution in [3.63, 3.8) is 0 Å². The number of nitrogens with one attached hydrogen (secondary N) is 1. The van der Waals surface area contributed by atoms with Gasteiger partial charge in [0.1, 0.15) is 6.61 Å². The van der Waals surface area contributed by atoms with Crippen molar-refractivity contribution in [3.8, 4) is 0 Å². The van der Waals surface area contributed by atoms with Gasteiger partial charge in [0.25, 0.3) is 0 Å². The van der Waals surface area contributed by atoms with Gasteiger partial charge in [0.05, 0.1) is 0 Å². The molecular formula is C10H17N2O2. The summed E-state index contributed by atoms with van der Waals surface area (Å²) < 4.78 is 0. The van der Waals surface area contributed by atoms with Crippen LogP contribution in [-0.4, -0.2) is 43.6 Å². The van der Waals surface area contributed by atoms with E-state index in [2.05, 4.69) is 10.2 Å². The number of rotatable bonds is 5. The van der Waals surface area contributed by atoms with Crippen molar-refractivity contribution >= 4 is 5.91 Å². The third-order valence-electron chi connectivity index (χ3n) is 2.29. The van der Waals surface area contributed by atoms with E-state index in [9.17, 15) is 9.90 Å². The van der Waals surface area contributed by atoms with Gasteiger partial charge in [-0.25, -0.2) is 5.11 Å². The van der Waals surface area contributed by atoms with Crippen LogP contribution in [0.2, 0.25) is 0 Å². The normalized spacial score (nSPS) is 17.8. The lowest BCUT2D eigenvalue weighted by molar-refractivity contribution is -0.116. The van der Waals surface area contributed by atoms with Crippen molar-refractivity contribution in [1.82, 2.24) is 10.2 Å². The molecule has 1 fully saturated rings. The van der Waals surface area contributed by atoms with Gasteiger partial charge in [-0.15, -0.1) is 0 Å². The van der Waals surface area contributed by atoms with Crippen LogP contribution in [0.25, 0.3) is 0 Å². The average molecular weight is 197 g/mol. The molecule has 1 amide bonds. The number of carbonyl (C=O) groups excluding carboxylic acids is 1. The van der Waals surface area contributed by atoms with Gasteiger partial charge in [0, 0.05) is 19.2 Å². The summed E-state index contributed by atoms with van der Waals surface area (Å²) in [5.74, 6) is -0.167. The maximum atomic E-state index is 11.0. The Kier molecular flexibility index (Phi) is 5.25. The molecule has 0 saturated carbocycles. The highest BCUT2D eigenvalue weighted by atomic mass is 16.2. The summed E-state index contributed by atoms with van der Waals surface area (Å²) in [4.78, 5) is 13.4. The zero-order valence-corrected chi connectivity index (χ0v) is 8.37. The molecule has 1 heterocycles. The monoisotopic (exact) mass is 197 g/mol. The third-order valence-corrected chi connectivity index (χ3v) is 2.29. The van der Waals surface area contributed by atoms with E-state index in [1.807, 2.05) is 0 Å². The van der Waals surface area contributed by atoms with Gasteiger partial charge in [0.2, 0.25) is 5.91 Å². The van der Waals surface area contributed by atoms with Gasteiger partial charge < -0.3 is 10.2 Å². The summed E-state index contributed by atoms with van der Waals surface area (Å²) >= 11 is 0. The van der Waals surface area contributed by atoms with E-state index in [-0.39, 0.29) is 12.5 Å². The molecule has 4 nitrogen and oxygen atoms in total. The molecule has 0 spiro atoms. The first kappa shape index (κ1) is 11.2. The molecule has 1 saturated heterocycles. The maximum Gasteiger partial charge on any atom is 0.243 e.